The lowest BCUT2D eigenvalue weighted by atomic mass is 10.1. The molecular weight excluding hydrogens is 168 g/mol. The van der Waals surface area contributed by atoms with Gasteiger partial charge >= 0.3 is 0 Å². The van der Waals surface area contributed by atoms with E-state index < -0.39 is 0 Å². The fourth-order valence-corrected chi connectivity index (χ4v) is 1.87. The van der Waals surface area contributed by atoms with Gasteiger partial charge in [-0.15, -0.1) is 0 Å². The monoisotopic (exact) mass is 184 g/mol. The van der Waals surface area contributed by atoms with E-state index in [2.05, 4.69) is 5.32 Å². The number of nitrogens with zero attached hydrogens (tertiary/aromatic N) is 1. The minimum absolute atomic E-state index is 0.137. The Bertz CT molecular complexity index is 184. The number of nitrogens with one attached hydrogen (secondary N) is 1. The molecule has 1 amide bonds. The number of hydrogen-bond acceptors (Lipinski definition) is 3. The number of piperazine rings is 1. The molecule has 1 atom stereocenters. The molecule has 1 N–H and O–H groups in total. The van der Waals surface area contributed by atoms with Gasteiger partial charge in [0, 0.05) is 32.8 Å². The molecule has 2 saturated heterocycles. The Morgan fingerprint density at radius 3 is 2.77 bits per heavy atom. The lowest BCUT2D eigenvalue weighted by Crippen LogP contribution is -2.48. The van der Waals surface area contributed by atoms with Crippen molar-refractivity contribution in [2.75, 3.05) is 39.4 Å². The standard InChI is InChI=1S/C9H16N2O2/c12-9(8-1-6-13-7-8)11-4-2-10-3-5-11/h8,10H,1-7H2/t8-/m0/s1. The van der Waals surface area contributed by atoms with Crippen LogP contribution in [0.1, 0.15) is 6.42 Å². The van der Waals surface area contributed by atoms with Gasteiger partial charge in [0.25, 0.3) is 0 Å². The first-order chi connectivity index (χ1) is 6.38. The molecular formula is C9H16N2O2. The van der Waals surface area contributed by atoms with Crippen molar-refractivity contribution in [1.29, 1.82) is 0 Å². The van der Waals surface area contributed by atoms with Gasteiger partial charge in [-0.05, 0) is 6.42 Å². The molecule has 74 valence electrons. The van der Waals surface area contributed by atoms with Gasteiger partial charge in [-0.2, -0.15) is 0 Å². The van der Waals surface area contributed by atoms with E-state index in [1.165, 1.54) is 0 Å². The summed E-state index contributed by atoms with van der Waals surface area (Å²) in [5, 5.41) is 3.24. The zero-order valence-electron chi connectivity index (χ0n) is 7.79. The first kappa shape index (κ1) is 8.97. The molecule has 0 aromatic carbocycles. The van der Waals surface area contributed by atoms with E-state index in [9.17, 15) is 4.79 Å². The van der Waals surface area contributed by atoms with Gasteiger partial charge in [0.2, 0.25) is 5.91 Å². The summed E-state index contributed by atoms with van der Waals surface area (Å²) in [5.41, 5.74) is 0. The number of hydrogen-bond donors (Lipinski definition) is 1. The van der Waals surface area contributed by atoms with Crippen LogP contribution in [0.3, 0.4) is 0 Å². The van der Waals surface area contributed by atoms with Crippen LogP contribution in [0.15, 0.2) is 0 Å². The maximum absolute atomic E-state index is 11.8. The fourth-order valence-electron chi connectivity index (χ4n) is 1.87. The van der Waals surface area contributed by atoms with Crippen molar-refractivity contribution in [2.45, 2.75) is 6.42 Å². The summed E-state index contributed by atoms with van der Waals surface area (Å²) in [4.78, 5) is 13.8. The SMILES string of the molecule is O=C([C@H]1CCOC1)N1CCNCC1. The van der Waals surface area contributed by atoms with Gasteiger partial charge in [-0.3, -0.25) is 4.79 Å². The lowest BCUT2D eigenvalue weighted by molar-refractivity contribution is -0.136. The second-order valence-corrected chi connectivity index (χ2v) is 3.64. The molecule has 0 aliphatic carbocycles. The van der Waals surface area contributed by atoms with Gasteiger partial charge in [-0.25, -0.2) is 0 Å². The quantitative estimate of drug-likeness (QED) is 0.595. The summed E-state index contributed by atoms with van der Waals surface area (Å²) in [7, 11) is 0. The second kappa shape index (κ2) is 4.07. The Labute approximate surface area is 78.2 Å². The summed E-state index contributed by atoms with van der Waals surface area (Å²) < 4.78 is 5.21. The zero-order valence-corrected chi connectivity index (χ0v) is 7.79. The highest BCUT2D eigenvalue weighted by atomic mass is 16.5. The summed E-state index contributed by atoms with van der Waals surface area (Å²) in [5.74, 6) is 0.428. The average Bonchev–Trinajstić information content (AvgIpc) is 2.71. The Balaban J connectivity index is 1.87. The van der Waals surface area contributed by atoms with Crippen LogP contribution in [0, 0.1) is 5.92 Å². The molecule has 13 heavy (non-hydrogen) atoms. The van der Waals surface area contributed by atoms with Crippen LogP contribution in [0.2, 0.25) is 0 Å². The molecule has 0 bridgehead atoms. The van der Waals surface area contributed by atoms with E-state index in [1.54, 1.807) is 0 Å². The number of amides is 1. The minimum Gasteiger partial charge on any atom is -0.381 e. The summed E-state index contributed by atoms with van der Waals surface area (Å²) in [6.07, 6.45) is 0.906. The van der Waals surface area contributed by atoms with Crippen LogP contribution >= 0.6 is 0 Å². The molecule has 4 heteroatoms. The van der Waals surface area contributed by atoms with E-state index in [0.717, 1.165) is 39.2 Å². The van der Waals surface area contributed by atoms with E-state index in [0.29, 0.717) is 12.5 Å². The number of carbonyl (C=O) groups excluding carboxylic acids is 1. The molecule has 0 saturated carbocycles. The lowest BCUT2D eigenvalue weighted by Gasteiger charge is -2.29. The summed E-state index contributed by atoms with van der Waals surface area (Å²) in [6.45, 7) is 4.95. The van der Waals surface area contributed by atoms with Gasteiger partial charge in [-0.1, -0.05) is 0 Å². The molecule has 2 heterocycles. The first-order valence-corrected chi connectivity index (χ1v) is 4.95. The van der Waals surface area contributed by atoms with Gasteiger partial charge in [0.05, 0.1) is 12.5 Å². The van der Waals surface area contributed by atoms with E-state index in [-0.39, 0.29) is 5.92 Å². The van der Waals surface area contributed by atoms with Crippen molar-refractivity contribution in [3.63, 3.8) is 0 Å². The Kier molecular flexibility index (Phi) is 2.80. The van der Waals surface area contributed by atoms with Gasteiger partial charge < -0.3 is 15.0 Å². The zero-order chi connectivity index (χ0) is 9.10. The van der Waals surface area contributed by atoms with E-state index >= 15 is 0 Å². The molecule has 0 unspecified atom stereocenters. The largest absolute Gasteiger partial charge is 0.381 e. The molecule has 0 aromatic rings. The molecule has 4 nitrogen and oxygen atoms in total. The number of rotatable bonds is 1. The smallest absolute Gasteiger partial charge is 0.228 e. The van der Waals surface area contributed by atoms with Crippen LogP contribution in [0.25, 0.3) is 0 Å². The van der Waals surface area contributed by atoms with Crippen molar-refractivity contribution in [3.8, 4) is 0 Å². The van der Waals surface area contributed by atoms with Crippen molar-refractivity contribution in [3.05, 3.63) is 0 Å². The van der Waals surface area contributed by atoms with E-state index in [1.807, 2.05) is 4.90 Å². The fraction of sp³-hybridized carbons (Fsp3) is 0.889. The molecule has 2 aliphatic rings. The van der Waals surface area contributed by atoms with Crippen LogP contribution in [0.5, 0.6) is 0 Å². The second-order valence-electron chi connectivity index (χ2n) is 3.64. The number of carbonyl (C=O) groups is 1. The molecule has 0 spiro atoms. The predicted molar refractivity (Wildman–Crippen MR) is 48.4 cm³/mol. The average molecular weight is 184 g/mol. The van der Waals surface area contributed by atoms with Crippen molar-refractivity contribution in [2.24, 2.45) is 5.92 Å². The number of ether oxygens (including phenoxy) is 1. The van der Waals surface area contributed by atoms with Crippen LogP contribution in [-0.2, 0) is 9.53 Å². The third-order valence-electron chi connectivity index (χ3n) is 2.71. The highest BCUT2D eigenvalue weighted by Gasteiger charge is 2.28. The molecule has 0 radical (unpaired) electrons. The Morgan fingerprint density at radius 2 is 2.15 bits per heavy atom. The topological polar surface area (TPSA) is 41.6 Å². The van der Waals surface area contributed by atoms with Crippen molar-refractivity contribution >= 4 is 5.91 Å². The molecule has 2 rings (SSSR count). The maximum atomic E-state index is 11.8. The van der Waals surface area contributed by atoms with Crippen molar-refractivity contribution < 1.29 is 9.53 Å². The first-order valence-electron chi connectivity index (χ1n) is 4.95. The van der Waals surface area contributed by atoms with Crippen LogP contribution in [0.4, 0.5) is 0 Å². The Morgan fingerprint density at radius 1 is 1.38 bits per heavy atom. The highest BCUT2D eigenvalue weighted by molar-refractivity contribution is 5.79. The van der Waals surface area contributed by atoms with Crippen LogP contribution in [-0.4, -0.2) is 50.2 Å². The van der Waals surface area contributed by atoms with Gasteiger partial charge in [0.15, 0.2) is 0 Å². The normalized spacial score (nSPS) is 29.2. The Hall–Kier alpha value is -0.610. The van der Waals surface area contributed by atoms with Crippen molar-refractivity contribution in [1.82, 2.24) is 10.2 Å². The van der Waals surface area contributed by atoms with E-state index in [4.69, 9.17) is 4.74 Å². The predicted octanol–water partition coefficient (Wildman–Crippen LogP) is -0.545. The van der Waals surface area contributed by atoms with Gasteiger partial charge in [0.1, 0.15) is 0 Å². The third kappa shape index (κ3) is 2.00. The molecule has 2 aliphatic heterocycles. The molecule has 0 aromatic heterocycles. The maximum Gasteiger partial charge on any atom is 0.228 e. The van der Waals surface area contributed by atoms with Crippen LogP contribution < -0.4 is 5.32 Å². The third-order valence-corrected chi connectivity index (χ3v) is 2.71. The summed E-state index contributed by atoms with van der Waals surface area (Å²) in [6, 6.07) is 0. The molecule has 2 fully saturated rings. The minimum atomic E-state index is 0.137. The highest BCUT2D eigenvalue weighted by Crippen LogP contribution is 2.15. The summed E-state index contributed by atoms with van der Waals surface area (Å²) >= 11 is 0.